The van der Waals surface area contributed by atoms with E-state index in [2.05, 4.69) is 6.07 Å². The molecule has 54 valence electrons. The van der Waals surface area contributed by atoms with Crippen LogP contribution < -0.4 is 0 Å². The maximum absolute atomic E-state index is 8.67. The molecule has 0 amide bonds. The monoisotopic (exact) mass is 135 g/mol. The van der Waals surface area contributed by atoms with Crippen molar-refractivity contribution < 1.29 is 0 Å². The van der Waals surface area contributed by atoms with Gasteiger partial charge in [-0.2, -0.15) is 5.26 Å². The van der Waals surface area contributed by atoms with E-state index in [4.69, 9.17) is 5.26 Å². The molecule has 2 rings (SSSR count). The van der Waals surface area contributed by atoms with E-state index in [1.54, 1.807) is 0 Å². The zero-order chi connectivity index (χ0) is 7.03. The molecule has 2 aliphatic carbocycles. The van der Waals surface area contributed by atoms with Crippen LogP contribution in [0.3, 0.4) is 0 Å². The average molecular weight is 135 g/mol. The van der Waals surface area contributed by atoms with Crippen LogP contribution in [0.5, 0.6) is 0 Å². The lowest BCUT2D eigenvalue weighted by atomic mass is 9.85. The van der Waals surface area contributed by atoms with Crippen LogP contribution in [0, 0.1) is 22.7 Å². The molecule has 2 saturated carbocycles. The molecule has 2 aliphatic rings. The zero-order valence-electron chi connectivity index (χ0n) is 6.27. The Hall–Kier alpha value is -0.510. The van der Waals surface area contributed by atoms with E-state index in [0.717, 1.165) is 0 Å². The Bertz CT molecular complexity index is 172. The minimum Gasteiger partial charge on any atom is -0.198 e. The van der Waals surface area contributed by atoms with Gasteiger partial charge in [-0.05, 0) is 24.7 Å². The molecular weight excluding hydrogens is 122 g/mol. The van der Waals surface area contributed by atoms with Crippen LogP contribution in [-0.2, 0) is 0 Å². The lowest BCUT2D eigenvalue weighted by Gasteiger charge is -2.20. The van der Waals surface area contributed by atoms with Crippen LogP contribution in [0.2, 0.25) is 0 Å². The van der Waals surface area contributed by atoms with E-state index in [0.29, 0.717) is 11.3 Å². The van der Waals surface area contributed by atoms with Crippen LogP contribution in [-0.4, -0.2) is 0 Å². The van der Waals surface area contributed by atoms with Gasteiger partial charge >= 0.3 is 0 Å². The third-order valence-electron chi connectivity index (χ3n) is 3.19. The third-order valence-corrected chi connectivity index (χ3v) is 3.19. The summed E-state index contributed by atoms with van der Waals surface area (Å²) in [5.41, 5.74) is 0.535. The zero-order valence-corrected chi connectivity index (χ0v) is 6.27. The van der Waals surface area contributed by atoms with Crippen molar-refractivity contribution in [2.45, 2.75) is 38.5 Å². The molecule has 1 atom stereocenters. The van der Waals surface area contributed by atoms with Crippen molar-refractivity contribution in [3.05, 3.63) is 0 Å². The Morgan fingerprint density at radius 2 is 1.90 bits per heavy atom. The molecule has 10 heavy (non-hydrogen) atoms. The molecule has 0 aromatic rings. The molecular formula is C9H13N. The molecule has 1 heteroatoms. The van der Waals surface area contributed by atoms with Crippen molar-refractivity contribution in [1.29, 1.82) is 5.26 Å². The highest BCUT2D eigenvalue weighted by Crippen LogP contribution is 2.60. The molecule has 2 fully saturated rings. The number of hydrogen-bond donors (Lipinski definition) is 0. The summed E-state index contributed by atoms with van der Waals surface area (Å²) in [6, 6.07) is 2.40. The Balaban J connectivity index is 1.99. The van der Waals surface area contributed by atoms with Crippen molar-refractivity contribution in [3.8, 4) is 6.07 Å². The largest absolute Gasteiger partial charge is 0.198 e. The fraction of sp³-hybridized carbons (Fsp3) is 0.889. The van der Waals surface area contributed by atoms with Crippen molar-refractivity contribution in [2.75, 3.05) is 0 Å². The lowest BCUT2D eigenvalue weighted by molar-refractivity contribution is 0.322. The van der Waals surface area contributed by atoms with Crippen LogP contribution in [0.25, 0.3) is 0 Å². The quantitative estimate of drug-likeness (QED) is 0.500. The maximum atomic E-state index is 8.67. The standard InChI is InChI=1S/C9H13N/c10-7-8-6-9(8)4-2-1-3-5-9/h8H,1-6H2/t8-/m1/s1. The Morgan fingerprint density at radius 1 is 1.20 bits per heavy atom. The molecule has 0 N–H and O–H groups in total. The second kappa shape index (κ2) is 1.99. The van der Waals surface area contributed by atoms with Gasteiger partial charge in [0.2, 0.25) is 0 Å². The summed E-state index contributed by atoms with van der Waals surface area (Å²) >= 11 is 0. The van der Waals surface area contributed by atoms with Gasteiger partial charge in [0.1, 0.15) is 0 Å². The van der Waals surface area contributed by atoms with E-state index >= 15 is 0 Å². The van der Waals surface area contributed by atoms with Gasteiger partial charge in [0.15, 0.2) is 0 Å². The highest BCUT2D eigenvalue weighted by Gasteiger charge is 2.53. The first-order valence-electron chi connectivity index (χ1n) is 4.27. The summed E-state index contributed by atoms with van der Waals surface area (Å²) in [4.78, 5) is 0. The molecule has 0 bridgehead atoms. The highest BCUT2D eigenvalue weighted by molar-refractivity contribution is 5.12. The van der Waals surface area contributed by atoms with Crippen LogP contribution >= 0.6 is 0 Å². The molecule has 0 radical (unpaired) electrons. The minimum atomic E-state index is 0.438. The summed E-state index contributed by atoms with van der Waals surface area (Å²) in [7, 11) is 0. The van der Waals surface area contributed by atoms with Crippen molar-refractivity contribution in [2.24, 2.45) is 11.3 Å². The predicted molar refractivity (Wildman–Crippen MR) is 39.2 cm³/mol. The van der Waals surface area contributed by atoms with Crippen LogP contribution in [0.4, 0.5) is 0 Å². The Labute approximate surface area is 62.0 Å². The van der Waals surface area contributed by atoms with E-state index in [9.17, 15) is 0 Å². The minimum absolute atomic E-state index is 0.438. The SMILES string of the molecule is N#C[C@H]1CC12CCCCC2. The highest BCUT2D eigenvalue weighted by atomic mass is 14.6. The molecule has 0 heterocycles. The van der Waals surface area contributed by atoms with Crippen molar-refractivity contribution >= 4 is 0 Å². The first kappa shape index (κ1) is 6.22. The normalized spacial score (nSPS) is 35.3. The maximum Gasteiger partial charge on any atom is 0.0661 e. The van der Waals surface area contributed by atoms with Gasteiger partial charge < -0.3 is 0 Å². The fourth-order valence-corrected chi connectivity index (χ4v) is 2.34. The predicted octanol–water partition coefficient (Wildman–Crippen LogP) is 2.48. The molecule has 1 spiro atoms. The summed E-state index contributed by atoms with van der Waals surface area (Å²) in [5.74, 6) is 0.438. The second-order valence-corrected chi connectivity index (χ2v) is 3.81. The Kier molecular flexibility index (Phi) is 1.23. The summed E-state index contributed by atoms with van der Waals surface area (Å²) < 4.78 is 0. The van der Waals surface area contributed by atoms with Gasteiger partial charge in [-0.3, -0.25) is 0 Å². The molecule has 0 aromatic carbocycles. The second-order valence-electron chi connectivity index (χ2n) is 3.81. The van der Waals surface area contributed by atoms with Gasteiger partial charge in [-0.15, -0.1) is 0 Å². The van der Waals surface area contributed by atoms with E-state index in [-0.39, 0.29) is 0 Å². The van der Waals surface area contributed by atoms with Gasteiger partial charge in [-0.1, -0.05) is 19.3 Å². The topological polar surface area (TPSA) is 23.8 Å². The molecule has 0 aliphatic heterocycles. The number of nitrogens with zero attached hydrogens (tertiary/aromatic N) is 1. The Morgan fingerprint density at radius 3 is 2.40 bits per heavy atom. The van der Waals surface area contributed by atoms with Gasteiger partial charge in [-0.25, -0.2) is 0 Å². The average Bonchev–Trinajstić information content (AvgIpc) is 2.65. The fourth-order valence-electron chi connectivity index (χ4n) is 2.34. The van der Waals surface area contributed by atoms with Gasteiger partial charge in [0, 0.05) is 0 Å². The number of hydrogen-bond acceptors (Lipinski definition) is 1. The number of rotatable bonds is 0. The lowest BCUT2D eigenvalue weighted by Crippen LogP contribution is -2.08. The summed E-state index contributed by atoms with van der Waals surface area (Å²) in [6.45, 7) is 0. The summed E-state index contributed by atoms with van der Waals surface area (Å²) in [5, 5.41) is 8.67. The van der Waals surface area contributed by atoms with E-state index < -0.39 is 0 Å². The summed E-state index contributed by atoms with van der Waals surface area (Å²) in [6.07, 6.45) is 8.04. The van der Waals surface area contributed by atoms with Gasteiger partial charge in [0.25, 0.3) is 0 Å². The van der Waals surface area contributed by atoms with E-state index in [1.807, 2.05) is 0 Å². The first-order valence-corrected chi connectivity index (χ1v) is 4.27. The smallest absolute Gasteiger partial charge is 0.0661 e. The molecule has 0 aromatic heterocycles. The van der Waals surface area contributed by atoms with E-state index in [1.165, 1.54) is 38.5 Å². The van der Waals surface area contributed by atoms with Crippen LogP contribution in [0.15, 0.2) is 0 Å². The molecule has 0 saturated heterocycles. The number of nitriles is 1. The van der Waals surface area contributed by atoms with Crippen LogP contribution in [0.1, 0.15) is 38.5 Å². The molecule has 0 unspecified atom stereocenters. The van der Waals surface area contributed by atoms with Crippen molar-refractivity contribution in [1.82, 2.24) is 0 Å². The molecule has 1 nitrogen and oxygen atoms in total. The van der Waals surface area contributed by atoms with Crippen molar-refractivity contribution in [3.63, 3.8) is 0 Å². The third kappa shape index (κ3) is 0.751. The first-order chi connectivity index (χ1) is 4.87. The van der Waals surface area contributed by atoms with Gasteiger partial charge in [0.05, 0.1) is 12.0 Å².